The normalized spacial score (nSPS) is 10.7. The summed E-state index contributed by atoms with van der Waals surface area (Å²) in [6, 6.07) is 24.1. The molecule has 1 amide bonds. The van der Waals surface area contributed by atoms with Crippen LogP contribution in [0.1, 0.15) is 5.56 Å². The molecule has 0 aromatic heterocycles. The van der Waals surface area contributed by atoms with Gasteiger partial charge < -0.3 is 5.32 Å². The lowest BCUT2D eigenvalue weighted by Crippen LogP contribution is -2.26. The molecule has 0 fully saturated rings. The fraction of sp³-hybridized carbons (Fsp3) is 0.0476. The van der Waals surface area contributed by atoms with Crippen molar-refractivity contribution in [2.75, 3.05) is 11.9 Å². The van der Waals surface area contributed by atoms with Crippen molar-refractivity contribution in [1.82, 2.24) is 5.43 Å². The Balaban J connectivity index is 1.50. The van der Waals surface area contributed by atoms with E-state index in [0.717, 1.165) is 16.7 Å². The third kappa shape index (κ3) is 4.77. The maximum absolute atomic E-state index is 13.4. The van der Waals surface area contributed by atoms with Gasteiger partial charge in [0.1, 0.15) is 5.82 Å². The second kappa shape index (κ2) is 8.58. The summed E-state index contributed by atoms with van der Waals surface area (Å²) in [7, 11) is 0. The summed E-state index contributed by atoms with van der Waals surface area (Å²) in [5, 5.41) is 6.65. The molecule has 0 saturated heterocycles. The van der Waals surface area contributed by atoms with Gasteiger partial charge in [0.25, 0.3) is 5.91 Å². The molecule has 4 nitrogen and oxygen atoms in total. The van der Waals surface area contributed by atoms with Gasteiger partial charge in [-0.05, 0) is 28.8 Å². The van der Waals surface area contributed by atoms with Crippen LogP contribution in [0.2, 0.25) is 0 Å². The molecular formula is C21H18FN3O. The lowest BCUT2D eigenvalue weighted by Gasteiger charge is -2.06. The number of rotatable bonds is 6. The van der Waals surface area contributed by atoms with E-state index >= 15 is 0 Å². The van der Waals surface area contributed by atoms with Crippen molar-refractivity contribution < 1.29 is 9.18 Å². The van der Waals surface area contributed by atoms with Gasteiger partial charge in [-0.2, -0.15) is 5.10 Å². The van der Waals surface area contributed by atoms with E-state index in [1.165, 1.54) is 6.07 Å². The van der Waals surface area contributed by atoms with Crippen LogP contribution in [0.15, 0.2) is 84.0 Å². The molecular weight excluding hydrogens is 329 g/mol. The lowest BCUT2D eigenvalue weighted by atomic mass is 10.0. The van der Waals surface area contributed by atoms with Crippen molar-refractivity contribution in [3.8, 4) is 11.1 Å². The van der Waals surface area contributed by atoms with Crippen LogP contribution in [-0.4, -0.2) is 18.7 Å². The van der Waals surface area contributed by atoms with Crippen molar-refractivity contribution in [3.63, 3.8) is 0 Å². The summed E-state index contributed by atoms with van der Waals surface area (Å²) in [6.07, 6.45) is 1.57. The zero-order valence-corrected chi connectivity index (χ0v) is 14.0. The van der Waals surface area contributed by atoms with Gasteiger partial charge in [0.05, 0.1) is 18.4 Å². The maximum atomic E-state index is 13.4. The Labute approximate surface area is 151 Å². The first-order valence-electron chi connectivity index (χ1n) is 8.18. The third-order valence-electron chi connectivity index (χ3n) is 3.73. The SMILES string of the molecule is O=C(CNc1ccccc1F)N/N=C/c1ccc(-c2ccccc2)cc1. The quantitative estimate of drug-likeness (QED) is 0.522. The minimum atomic E-state index is -0.401. The minimum Gasteiger partial charge on any atom is -0.374 e. The van der Waals surface area contributed by atoms with Gasteiger partial charge in [0.15, 0.2) is 0 Å². The number of carbonyl (C=O) groups excluding carboxylic acids is 1. The molecule has 5 heteroatoms. The van der Waals surface area contributed by atoms with E-state index < -0.39 is 5.82 Å². The van der Waals surface area contributed by atoms with Gasteiger partial charge in [-0.15, -0.1) is 0 Å². The summed E-state index contributed by atoms with van der Waals surface area (Å²) in [4.78, 5) is 11.7. The molecule has 0 radical (unpaired) electrons. The maximum Gasteiger partial charge on any atom is 0.259 e. The predicted molar refractivity (Wildman–Crippen MR) is 103 cm³/mol. The molecule has 0 aliphatic rings. The molecule has 130 valence electrons. The molecule has 0 saturated carbocycles. The number of amides is 1. The van der Waals surface area contributed by atoms with Crippen LogP contribution in [0.25, 0.3) is 11.1 Å². The number of para-hydroxylation sites is 1. The Hall–Kier alpha value is -3.47. The molecule has 0 aliphatic heterocycles. The minimum absolute atomic E-state index is 0.0643. The highest BCUT2D eigenvalue weighted by atomic mass is 19.1. The molecule has 0 spiro atoms. The third-order valence-corrected chi connectivity index (χ3v) is 3.73. The van der Waals surface area contributed by atoms with Gasteiger partial charge in [-0.3, -0.25) is 4.79 Å². The molecule has 26 heavy (non-hydrogen) atoms. The predicted octanol–water partition coefficient (Wildman–Crippen LogP) is 4.05. The standard InChI is InChI=1S/C21H18FN3O/c22-19-8-4-5-9-20(19)23-15-21(26)25-24-14-16-10-12-18(13-11-16)17-6-2-1-3-7-17/h1-14,23H,15H2,(H,25,26)/b24-14+. The fourth-order valence-corrected chi connectivity index (χ4v) is 2.39. The Bertz CT molecular complexity index is 893. The summed E-state index contributed by atoms with van der Waals surface area (Å²) in [5.41, 5.74) is 5.82. The molecule has 2 N–H and O–H groups in total. The number of anilines is 1. The average molecular weight is 347 g/mol. The Morgan fingerprint density at radius 2 is 1.54 bits per heavy atom. The van der Waals surface area contributed by atoms with Crippen LogP contribution in [-0.2, 0) is 4.79 Å². The van der Waals surface area contributed by atoms with Crippen LogP contribution in [0.3, 0.4) is 0 Å². The summed E-state index contributed by atoms with van der Waals surface area (Å²) < 4.78 is 13.4. The lowest BCUT2D eigenvalue weighted by molar-refractivity contribution is -0.119. The molecule has 0 unspecified atom stereocenters. The van der Waals surface area contributed by atoms with Gasteiger partial charge in [0, 0.05) is 0 Å². The Morgan fingerprint density at radius 3 is 2.27 bits per heavy atom. The average Bonchev–Trinajstić information content (AvgIpc) is 2.69. The fourth-order valence-electron chi connectivity index (χ4n) is 2.39. The van der Waals surface area contributed by atoms with Crippen molar-refractivity contribution in [2.45, 2.75) is 0 Å². The summed E-state index contributed by atoms with van der Waals surface area (Å²) >= 11 is 0. The van der Waals surface area contributed by atoms with Crippen molar-refractivity contribution in [1.29, 1.82) is 0 Å². The van der Waals surface area contributed by atoms with Crippen LogP contribution in [0.4, 0.5) is 10.1 Å². The molecule has 0 aliphatic carbocycles. The second-order valence-corrected chi connectivity index (χ2v) is 5.61. The van der Waals surface area contributed by atoms with Crippen LogP contribution < -0.4 is 10.7 Å². The van der Waals surface area contributed by atoms with Crippen molar-refractivity contribution >= 4 is 17.8 Å². The van der Waals surface area contributed by atoms with E-state index in [-0.39, 0.29) is 18.1 Å². The zero-order chi connectivity index (χ0) is 18.2. The number of hydrogen-bond acceptors (Lipinski definition) is 3. The smallest absolute Gasteiger partial charge is 0.259 e. The van der Waals surface area contributed by atoms with Crippen molar-refractivity contribution in [2.24, 2.45) is 5.10 Å². The molecule has 3 aromatic rings. The molecule has 0 atom stereocenters. The number of benzene rings is 3. The van der Waals surface area contributed by atoms with Crippen molar-refractivity contribution in [3.05, 3.63) is 90.2 Å². The molecule has 3 rings (SSSR count). The summed E-state index contributed by atoms with van der Waals surface area (Å²) in [5.74, 6) is -0.757. The first kappa shape index (κ1) is 17.4. The molecule has 0 heterocycles. The number of halogens is 1. The number of hydrazone groups is 1. The number of hydrogen-bond donors (Lipinski definition) is 2. The van der Waals surface area contributed by atoms with E-state index in [4.69, 9.17) is 0 Å². The first-order chi connectivity index (χ1) is 12.7. The van der Waals surface area contributed by atoms with E-state index in [1.54, 1.807) is 24.4 Å². The molecule has 3 aromatic carbocycles. The highest BCUT2D eigenvalue weighted by Gasteiger charge is 2.03. The first-order valence-corrected chi connectivity index (χ1v) is 8.18. The monoisotopic (exact) mass is 347 g/mol. The number of nitrogens with one attached hydrogen (secondary N) is 2. The van der Waals surface area contributed by atoms with E-state index in [1.807, 2.05) is 54.6 Å². The number of nitrogens with zero attached hydrogens (tertiary/aromatic N) is 1. The highest BCUT2D eigenvalue weighted by molar-refractivity contribution is 5.84. The summed E-state index contributed by atoms with van der Waals surface area (Å²) in [6.45, 7) is -0.0643. The van der Waals surface area contributed by atoms with Crippen LogP contribution >= 0.6 is 0 Å². The van der Waals surface area contributed by atoms with Crippen LogP contribution in [0, 0.1) is 5.82 Å². The zero-order valence-electron chi connectivity index (χ0n) is 14.0. The molecule has 0 bridgehead atoms. The van der Waals surface area contributed by atoms with Gasteiger partial charge in [-0.1, -0.05) is 66.7 Å². The highest BCUT2D eigenvalue weighted by Crippen LogP contribution is 2.18. The van der Waals surface area contributed by atoms with Gasteiger partial charge in [0.2, 0.25) is 0 Å². The van der Waals surface area contributed by atoms with E-state index in [0.29, 0.717) is 0 Å². The Morgan fingerprint density at radius 1 is 0.885 bits per heavy atom. The van der Waals surface area contributed by atoms with E-state index in [2.05, 4.69) is 15.8 Å². The van der Waals surface area contributed by atoms with Gasteiger partial charge in [-0.25, -0.2) is 9.82 Å². The van der Waals surface area contributed by atoms with Crippen LogP contribution in [0.5, 0.6) is 0 Å². The largest absolute Gasteiger partial charge is 0.374 e. The Kier molecular flexibility index (Phi) is 5.72. The second-order valence-electron chi connectivity index (χ2n) is 5.61. The topological polar surface area (TPSA) is 53.5 Å². The van der Waals surface area contributed by atoms with Gasteiger partial charge >= 0.3 is 0 Å². The number of carbonyl (C=O) groups is 1. The van der Waals surface area contributed by atoms with E-state index in [9.17, 15) is 9.18 Å².